The van der Waals surface area contributed by atoms with Gasteiger partial charge in [0.15, 0.2) is 6.10 Å². The number of halogens is 1. The maximum Gasteiger partial charge on any atom is 0.339 e. The summed E-state index contributed by atoms with van der Waals surface area (Å²) in [5.74, 6) is -1.47. The molecule has 0 amide bonds. The van der Waals surface area contributed by atoms with E-state index >= 15 is 0 Å². The Morgan fingerprint density at radius 1 is 1.53 bits per heavy atom. The highest BCUT2D eigenvalue weighted by atomic mass is 19.1. The molecule has 5 heteroatoms. The van der Waals surface area contributed by atoms with Crippen LogP contribution in [0.25, 0.3) is 0 Å². The van der Waals surface area contributed by atoms with Crippen molar-refractivity contribution < 1.29 is 19.0 Å². The van der Waals surface area contributed by atoms with E-state index in [0.717, 1.165) is 0 Å². The van der Waals surface area contributed by atoms with Crippen LogP contribution in [0, 0.1) is 5.82 Å². The summed E-state index contributed by atoms with van der Waals surface area (Å²) in [4.78, 5) is 13.0. The summed E-state index contributed by atoms with van der Waals surface area (Å²) < 4.78 is 18.3. The van der Waals surface area contributed by atoms with E-state index in [1.165, 1.54) is 12.1 Å². The molecule has 1 aromatic carbocycles. The highest BCUT2D eigenvalue weighted by Gasteiger charge is 2.22. The molecule has 0 saturated heterocycles. The summed E-state index contributed by atoms with van der Waals surface area (Å²) in [5.41, 5.74) is 0.580. The van der Waals surface area contributed by atoms with E-state index in [0.29, 0.717) is 5.69 Å². The zero-order valence-electron chi connectivity index (χ0n) is 10.1. The lowest BCUT2D eigenvalue weighted by Crippen LogP contribution is -2.17. The van der Waals surface area contributed by atoms with Crippen molar-refractivity contribution in [2.24, 2.45) is 0 Å². The SMILES string of the molecule is CCOC(=O)C(O)c1ccc(N(C)C)cc1F. The van der Waals surface area contributed by atoms with E-state index in [-0.39, 0.29) is 12.2 Å². The fraction of sp³-hybridized carbons (Fsp3) is 0.417. The third-order valence-corrected chi connectivity index (χ3v) is 2.30. The average molecular weight is 241 g/mol. The van der Waals surface area contributed by atoms with Crippen LogP contribution >= 0.6 is 0 Å². The number of carbonyl (C=O) groups excluding carboxylic acids is 1. The van der Waals surface area contributed by atoms with Gasteiger partial charge < -0.3 is 14.7 Å². The molecular formula is C12H16FNO3. The highest BCUT2D eigenvalue weighted by Crippen LogP contribution is 2.22. The first-order chi connectivity index (χ1) is 7.97. The van der Waals surface area contributed by atoms with E-state index in [2.05, 4.69) is 4.74 Å². The second-order valence-corrected chi connectivity index (χ2v) is 3.75. The van der Waals surface area contributed by atoms with Gasteiger partial charge in [-0.25, -0.2) is 9.18 Å². The number of rotatable bonds is 4. The smallest absolute Gasteiger partial charge is 0.339 e. The third kappa shape index (κ3) is 3.17. The van der Waals surface area contributed by atoms with Crippen LogP contribution in [0.2, 0.25) is 0 Å². The maximum atomic E-state index is 13.7. The number of ether oxygens (including phenoxy) is 1. The first kappa shape index (κ1) is 13.4. The molecule has 0 radical (unpaired) electrons. The summed E-state index contributed by atoms with van der Waals surface area (Å²) in [5, 5.41) is 9.60. The zero-order chi connectivity index (χ0) is 13.0. The van der Waals surface area contributed by atoms with Crippen molar-refractivity contribution in [2.75, 3.05) is 25.6 Å². The number of carbonyl (C=O) groups is 1. The minimum atomic E-state index is -1.58. The molecule has 1 aromatic rings. The molecule has 0 fully saturated rings. The van der Waals surface area contributed by atoms with Gasteiger partial charge in [0, 0.05) is 25.3 Å². The fourth-order valence-corrected chi connectivity index (χ4v) is 1.36. The quantitative estimate of drug-likeness (QED) is 0.811. The van der Waals surface area contributed by atoms with Crippen LogP contribution in [0.1, 0.15) is 18.6 Å². The van der Waals surface area contributed by atoms with Crippen LogP contribution in [-0.2, 0) is 9.53 Å². The van der Waals surface area contributed by atoms with Crippen molar-refractivity contribution in [1.29, 1.82) is 0 Å². The number of aliphatic hydroxyl groups excluding tert-OH is 1. The molecule has 0 aromatic heterocycles. The van der Waals surface area contributed by atoms with E-state index in [4.69, 9.17) is 0 Å². The van der Waals surface area contributed by atoms with Crippen LogP contribution in [0.3, 0.4) is 0 Å². The van der Waals surface area contributed by atoms with Gasteiger partial charge in [-0.05, 0) is 19.1 Å². The molecule has 0 aliphatic carbocycles. The van der Waals surface area contributed by atoms with Gasteiger partial charge in [-0.1, -0.05) is 6.07 Å². The van der Waals surface area contributed by atoms with Gasteiger partial charge in [-0.2, -0.15) is 0 Å². The van der Waals surface area contributed by atoms with E-state index in [1.54, 1.807) is 32.0 Å². The number of anilines is 1. The van der Waals surface area contributed by atoms with Gasteiger partial charge >= 0.3 is 5.97 Å². The van der Waals surface area contributed by atoms with Crippen LogP contribution in [0.4, 0.5) is 10.1 Å². The van der Waals surface area contributed by atoms with Crippen LogP contribution in [-0.4, -0.2) is 31.8 Å². The fourth-order valence-electron chi connectivity index (χ4n) is 1.36. The number of esters is 1. The Morgan fingerprint density at radius 2 is 2.18 bits per heavy atom. The molecule has 1 atom stereocenters. The minimum Gasteiger partial charge on any atom is -0.464 e. The monoisotopic (exact) mass is 241 g/mol. The van der Waals surface area contributed by atoms with Gasteiger partial charge in [-0.3, -0.25) is 0 Å². The number of aliphatic hydroxyl groups is 1. The molecule has 17 heavy (non-hydrogen) atoms. The van der Waals surface area contributed by atoms with E-state index in [1.807, 2.05) is 0 Å². The molecule has 0 saturated carbocycles. The molecule has 0 spiro atoms. The molecule has 94 valence electrons. The number of hydrogen-bond donors (Lipinski definition) is 1. The molecule has 0 aliphatic heterocycles. The number of hydrogen-bond acceptors (Lipinski definition) is 4. The largest absolute Gasteiger partial charge is 0.464 e. The first-order valence-corrected chi connectivity index (χ1v) is 5.28. The molecule has 1 N–H and O–H groups in total. The predicted octanol–water partition coefficient (Wildman–Crippen LogP) is 1.49. The Balaban J connectivity index is 2.95. The summed E-state index contributed by atoms with van der Waals surface area (Å²) in [7, 11) is 3.55. The van der Waals surface area contributed by atoms with E-state index < -0.39 is 17.9 Å². The van der Waals surface area contributed by atoms with Crippen molar-refractivity contribution in [2.45, 2.75) is 13.0 Å². The molecule has 1 rings (SSSR count). The lowest BCUT2D eigenvalue weighted by atomic mass is 10.1. The summed E-state index contributed by atoms with van der Waals surface area (Å²) in [6, 6.07) is 4.27. The maximum absolute atomic E-state index is 13.7. The number of nitrogens with zero attached hydrogens (tertiary/aromatic N) is 1. The second kappa shape index (κ2) is 5.63. The van der Waals surface area contributed by atoms with Crippen LogP contribution < -0.4 is 4.90 Å². The summed E-state index contributed by atoms with van der Waals surface area (Å²) in [6.45, 7) is 1.77. The summed E-state index contributed by atoms with van der Waals surface area (Å²) >= 11 is 0. The van der Waals surface area contributed by atoms with Gasteiger partial charge in [0.1, 0.15) is 5.82 Å². The normalized spacial score (nSPS) is 12.1. The van der Waals surface area contributed by atoms with Crippen molar-refractivity contribution in [3.05, 3.63) is 29.6 Å². The van der Waals surface area contributed by atoms with Gasteiger partial charge in [0.05, 0.1) is 6.61 Å². The predicted molar refractivity (Wildman–Crippen MR) is 62.3 cm³/mol. The molecule has 0 bridgehead atoms. The third-order valence-electron chi connectivity index (χ3n) is 2.30. The Labute approximate surface area is 99.6 Å². The molecule has 0 heterocycles. The minimum absolute atomic E-state index is 0.0750. The Hall–Kier alpha value is -1.62. The number of benzene rings is 1. The lowest BCUT2D eigenvalue weighted by Gasteiger charge is -2.15. The average Bonchev–Trinajstić information content (AvgIpc) is 2.28. The Morgan fingerprint density at radius 3 is 2.65 bits per heavy atom. The summed E-state index contributed by atoms with van der Waals surface area (Å²) in [6.07, 6.45) is -1.58. The highest BCUT2D eigenvalue weighted by molar-refractivity contribution is 5.76. The Kier molecular flexibility index (Phi) is 4.45. The first-order valence-electron chi connectivity index (χ1n) is 5.28. The second-order valence-electron chi connectivity index (χ2n) is 3.75. The van der Waals surface area contributed by atoms with Gasteiger partial charge in [-0.15, -0.1) is 0 Å². The molecular weight excluding hydrogens is 225 g/mol. The van der Waals surface area contributed by atoms with Crippen LogP contribution in [0.15, 0.2) is 18.2 Å². The zero-order valence-corrected chi connectivity index (χ0v) is 10.1. The molecule has 0 aliphatic rings. The standard InChI is InChI=1S/C12H16FNO3/c1-4-17-12(16)11(15)9-6-5-8(14(2)3)7-10(9)13/h5-7,11,15H,4H2,1-3H3. The van der Waals surface area contributed by atoms with E-state index in [9.17, 15) is 14.3 Å². The van der Waals surface area contributed by atoms with Crippen molar-refractivity contribution >= 4 is 11.7 Å². The Bertz CT molecular complexity index is 407. The van der Waals surface area contributed by atoms with Crippen molar-refractivity contribution in [3.63, 3.8) is 0 Å². The molecule has 1 unspecified atom stereocenters. The topological polar surface area (TPSA) is 49.8 Å². The van der Waals surface area contributed by atoms with Crippen molar-refractivity contribution in [1.82, 2.24) is 0 Å². The lowest BCUT2D eigenvalue weighted by molar-refractivity contribution is -0.153. The van der Waals surface area contributed by atoms with Gasteiger partial charge in [0.2, 0.25) is 0 Å². The molecule has 4 nitrogen and oxygen atoms in total. The van der Waals surface area contributed by atoms with Crippen molar-refractivity contribution in [3.8, 4) is 0 Å². The van der Waals surface area contributed by atoms with Gasteiger partial charge in [0.25, 0.3) is 0 Å². The van der Waals surface area contributed by atoms with Crippen LogP contribution in [0.5, 0.6) is 0 Å².